The molecule has 0 unspecified atom stereocenters. The molecule has 0 saturated carbocycles. The lowest BCUT2D eigenvalue weighted by Gasteiger charge is -2.28. The smallest absolute Gasteiger partial charge is 0.338 e. The molecule has 0 spiro atoms. The van der Waals surface area contributed by atoms with Gasteiger partial charge < -0.3 is 10.1 Å². The number of benzene rings is 1. The highest BCUT2D eigenvalue weighted by Gasteiger charge is 2.35. The van der Waals surface area contributed by atoms with E-state index >= 15 is 0 Å². The van der Waals surface area contributed by atoms with Crippen molar-refractivity contribution >= 4 is 23.5 Å². The molecular formula is C16H15ClN4O2. The number of carbonyl (C=O) groups excluding carboxylic acids is 1. The molecule has 2 aromatic rings. The lowest BCUT2D eigenvalue weighted by atomic mass is 9.96. The van der Waals surface area contributed by atoms with E-state index in [0.29, 0.717) is 22.2 Å². The van der Waals surface area contributed by atoms with Crippen molar-refractivity contribution in [1.29, 1.82) is 0 Å². The Kier molecular flexibility index (Phi) is 4.16. The van der Waals surface area contributed by atoms with E-state index in [1.807, 2.05) is 18.2 Å². The highest BCUT2D eigenvalue weighted by Crippen LogP contribution is 2.37. The number of nitrogens with zero attached hydrogens (tertiary/aromatic N) is 3. The zero-order valence-electron chi connectivity index (χ0n) is 12.5. The molecule has 0 bridgehead atoms. The third-order valence-electron chi connectivity index (χ3n) is 3.55. The minimum atomic E-state index is -0.500. The summed E-state index contributed by atoms with van der Waals surface area (Å²) in [7, 11) is 0. The van der Waals surface area contributed by atoms with E-state index in [0.717, 1.165) is 5.56 Å². The number of anilines is 1. The molecule has 3 rings (SSSR count). The second-order valence-corrected chi connectivity index (χ2v) is 5.41. The van der Waals surface area contributed by atoms with E-state index in [2.05, 4.69) is 22.0 Å². The minimum Gasteiger partial charge on any atom is -0.458 e. The molecule has 0 saturated heterocycles. The Balaban J connectivity index is 2.13. The third-order valence-corrected chi connectivity index (χ3v) is 3.89. The largest absolute Gasteiger partial charge is 0.458 e. The van der Waals surface area contributed by atoms with Gasteiger partial charge in [-0.15, -0.1) is 0 Å². The van der Waals surface area contributed by atoms with Crippen LogP contribution < -0.4 is 5.32 Å². The topological polar surface area (TPSA) is 69.0 Å². The Morgan fingerprint density at radius 2 is 2.30 bits per heavy atom. The summed E-state index contributed by atoms with van der Waals surface area (Å²) >= 11 is 6.34. The molecule has 0 amide bonds. The molecular weight excluding hydrogens is 316 g/mol. The number of rotatable bonds is 4. The molecule has 1 aromatic heterocycles. The molecule has 1 aliphatic rings. The maximum Gasteiger partial charge on any atom is 0.338 e. The van der Waals surface area contributed by atoms with Crippen LogP contribution in [0.25, 0.3) is 0 Å². The molecule has 1 atom stereocenters. The van der Waals surface area contributed by atoms with Gasteiger partial charge in [0.25, 0.3) is 0 Å². The number of ether oxygens (including phenoxy) is 1. The van der Waals surface area contributed by atoms with Gasteiger partial charge in [0.05, 0.1) is 5.57 Å². The molecule has 1 aliphatic heterocycles. The van der Waals surface area contributed by atoms with Gasteiger partial charge in [-0.1, -0.05) is 42.5 Å². The maximum absolute atomic E-state index is 12.5. The summed E-state index contributed by atoms with van der Waals surface area (Å²) in [5.41, 5.74) is 1.86. The number of carbonyl (C=O) groups is 1. The lowest BCUT2D eigenvalue weighted by Crippen LogP contribution is -2.29. The molecule has 6 nitrogen and oxygen atoms in total. The van der Waals surface area contributed by atoms with Crippen LogP contribution in [0.15, 0.2) is 54.5 Å². The molecule has 7 heteroatoms. The molecule has 1 N–H and O–H groups in total. The first-order valence-corrected chi connectivity index (χ1v) is 7.41. The number of fused-ring (bicyclic) bond motifs is 1. The average molecular weight is 331 g/mol. The highest BCUT2D eigenvalue weighted by atomic mass is 35.5. The summed E-state index contributed by atoms with van der Waals surface area (Å²) in [5.74, 6) is 0.105. The van der Waals surface area contributed by atoms with Crippen molar-refractivity contribution < 1.29 is 9.53 Å². The first-order chi connectivity index (χ1) is 11.1. The van der Waals surface area contributed by atoms with E-state index in [9.17, 15) is 4.79 Å². The van der Waals surface area contributed by atoms with Gasteiger partial charge in [0.15, 0.2) is 0 Å². The maximum atomic E-state index is 12.5. The SMILES string of the molecule is C=CCOC(=O)C1=C(C)Nc2ncnn2[C@H]1c1ccccc1Cl. The van der Waals surface area contributed by atoms with Crippen LogP contribution >= 0.6 is 11.6 Å². The number of hydrogen-bond donors (Lipinski definition) is 1. The number of allylic oxidation sites excluding steroid dienone is 1. The number of hydrogen-bond acceptors (Lipinski definition) is 5. The van der Waals surface area contributed by atoms with Crippen LogP contribution in [0.1, 0.15) is 18.5 Å². The van der Waals surface area contributed by atoms with Crippen molar-refractivity contribution in [2.75, 3.05) is 11.9 Å². The van der Waals surface area contributed by atoms with Gasteiger partial charge >= 0.3 is 5.97 Å². The fourth-order valence-corrected chi connectivity index (χ4v) is 2.79. The molecule has 2 heterocycles. The Hall–Kier alpha value is -2.60. The van der Waals surface area contributed by atoms with Gasteiger partial charge in [-0.2, -0.15) is 10.1 Å². The van der Waals surface area contributed by atoms with Gasteiger partial charge in [0, 0.05) is 16.3 Å². The zero-order chi connectivity index (χ0) is 16.4. The number of aromatic nitrogens is 3. The van der Waals surface area contributed by atoms with Crippen molar-refractivity contribution in [1.82, 2.24) is 14.8 Å². The predicted octanol–water partition coefficient (Wildman–Crippen LogP) is 2.95. The summed E-state index contributed by atoms with van der Waals surface area (Å²) in [6.45, 7) is 5.49. The monoisotopic (exact) mass is 330 g/mol. The molecule has 0 fully saturated rings. The van der Waals surface area contributed by atoms with E-state index in [1.54, 1.807) is 17.7 Å². The summed E-state index contributed by atoms with van der Waals surface area (Å²) in [4.78, 5) is 16.7. The van der Waals surface area contributed by atoms with Crippen LogP contribution in [0.3, 0.4) is 0 Å². The summed E-state index contributed by atoms with van der Waals surface area (Å²) in [6, 6.07) is 6.83. The van der Waals surface area contributed by atoms with E-state index < -0.39 is 12.0 Å². The quantitative estimate of drug-likeness (QED) is 0.689. The van der Waals surface area contributed by atoms with Crippen LogP contribution in [0, 0.1) is 0 Å². The molecule has 23 heavy (non-hydrogen) atoms. The van der Waals surface area contributed by atoms with Crippen molar-refractivity contribution in [2.24, 2.45) is 0 Å². The fraction of sp³-hybridized carbons (Fsp3) is 0.188. The Bertz CT molecular complexity index is 797. The predicted molar refractivity (Wildman–Crippen MR) is 87.1 cm³/mol. The highest BCUT2D eigenvalue weighted by molar-refractivity contribution is 6.31. The molecule has 0 radical (unpaired) electrons. The standard InChI is InChI=1S/C16H15ClN4O2/c1-3-8-23-15(22)13-10(2)20-16-18-9-19-21(16)14(13)11-6-4-5-7-12(11)17/h3-7,9,14H,1,8H2,2H3,(H,18,19,20)/t14-/m0/s1. The Labute approximate surface area is 138 Å². The van der Waals surface area contributed by atoms with Crippen molar-refractivity contribution in [2.45, 2.75) is 13.0 Å². The lowest BCUT2D eigenvalue weighted by molar-refractivity contribution is -0.138. The second kappa shape index (κ2) is 6.26. The van der Waals surface area contributed by atoms with Crippen LogP contribution in [0.4, 0.5) is 5.95 Å². The minimum absolute atomic E-state index is 0.134. The van der Waals surface area contributed by atoms with E-state index in [1.165, 1.54) is 12.4 Å². The van der Waals surface area contributed by atoms with Crippen LogP contribution in [0.5, 0.6) is 0 Å². The molecule has 118 valence electrons. The van der Waals surface area contributed by atoms with Gasteiger partial charge in [0.2, 0.25) is 5.95 Å². The number of nitrogens with one attached hydrogen (secondary N) is 1. The van der Waals surface area contributed by atoms with Gasteiger partial charge in [0.1, 0.15) is 19.0 Å². The first kappa shape index (κ1) is 15.3. The fourth-order valence-electron chi connectivity index (χ4n) is 2.55. The Morgan fingerprint density at radius 1 is 1.52 bits per heavy atom. The first-order valence-electron chi connectivity index (χ1n) is 7.03. The van der Waals surface area contributed by atoms with Gasteiger partial charge in [-0.05, 0) is 13.0 Å². The molecule has 0 aliphatic carbocycles. The van der Waals surface area contributed by atoms with E-state index in [4.69, 9.17) is 16.3 Å². The normalized spacial score (nSPS) is 16.5. The third kappa shape index (κ3) is 2.73. The number of halogens is 1. The van der Waals surface area contributed by atoms with Crippen LogP contribution in [0.2, 0.25) is 5.02 Å². The van der Waals surface area contributed by atoms with Crippen molar-refractivity contribution in [3.63, 3.8) is 0 Å². The second-order valence-electron chi connectivity index (χ2n) is 5.00. The average Bonchev–Trinajstić information content (AvgIpc) is 3.00. The zero-order valence-corrected chi connectivity index (χ0v) is 13.2. The summed E-state index contributed by atoms with van der Waals surface area (Å²) in [6.07, 6.45) is 2.95. The van der Waals surface area contributed by atoms with Gasteiger partial charge in [-0.3, -0.25) is 0 Å². The van der Waals surface area contributed by atoms with Crippen LogP contribution in [-0.4, -0.2) is 27.3 Å². The van der Waals surface area contributed by atoms with Gasteiger partial charge in [-0.25, -0.2) is 9.48 Å². The number of esters is 1. The Morgan fingerprint density at radius 3 is 3.04 bits per heavy atom. The van der Waals surface area contributed by atoms with Crippen molar-refractivity contribution in [3.05, 3.63) is 65.1 Å². The van der Waals surface area contributed by atoms with E-state index in [-0.39, 0.29) is 6.61 Å². The summed E-state index contributed by atoms with van der Waals surface area (Å²) < 4.78 is 6.85. The summed E-state index contributed by atoms with van der Waals surface area (Å²) in [5, 5.41) is 7.84. The van der Waals surface area contributed by atoms with Crippen LogP contribution in [-0.2, 0) is 9.53 Å². The van der Waals surface area contributed by atoms with Crippen molar-refractivity contribution in [3.8, 4) is 0 Å². The molecule has 1 aromatic carbocycles.